The fourth-order valence-electron chi connectivity index (χ4n) is 2.79. The molecule has 0 radical (unpaired) electrons. The van der Waals surface area contributed by atoms with Crippen LogP contribution < -0.4 is 10.2 Å². The van der Waals surface area contributed by atoms with E-state index in [4.69, 9.17) is 11.6 Å². The van der Waals surface area contributed by atoms with Crippen LogP contribution in [0, 0.1) is 5.82 Å². The molecule has 3 nitrogen and oxygen atoms in total. The highest BCUT2D eigenvalue weighted by Crippen LogP contribution is 2.31. The second kappa shape index (κ2) is 5.97. The normalized spacial score (nSPS) is 16.5. The van der Waals surface area contributed by atoms with E-state index in [1.54, 1.807) is 11.0 Å². The lowest BCUT2D eigenvalue weighted by Gasteiger charge is -2.23. The Morgan fingerprint density at radius 2 is 2.14 bits per heavy atom. The van der Waals surface area contributed by atoms with Crippen molar-refractivity contribution in [2.24, 2.45) is 0 Å². The first-order chi connectivity index (χ1) is 10.6. The number of carbonyl (C=O) groups excluding carboxylic acids is 1. The van der Waals surface area contributed by atoms with Crippen molar-refractivity contribution < 1.29 is 9.18 Å². The first-order valence-electron chi connectivity index (χ1n) is 7.15. The van der Waals surface area contributed by atoms with Gasteiger partial charge in [0.25, 0.3) is 0 Å². The van der Waals surface area contributed by atoms with Crippen LogP contribution in [-0.4, -0.2) is 12.1 Å². The van der Waals surface area contributed by atoms with Gasteiger partial charge in [0.1, 0.15) is 5.82 Å². The number of urea groups is 1. The topological polar surface area (TPSA) is 32.3 Å². The number of fused-ring (bicyclic) bond motifs is 1. The predicted molar refractivity (Wildman–Crippen MR) is 85.7 cm³/mol. The van der Waals surface area contributed by atoms with Crippen molar-refractivity contribution in [3.8, 4) is 0 Å². The van der Waals surface area contributed by atoms with E-state index in [1.165, 1.54) is 17.7 Å². The SMILES string of the molecule is CC1Cc2ccccc2N1C(=O)NCc1ccc(F)c(Cl)c1. The highest BCUT2D eigenvalue weighted by atomic mass is 35.5. The van der Waals surface area contributed by atoms with Crippen molar-refractivity contribution >= 4 is 23.3 Å². The van der Waals surface area contributed by atoms with E-state index < -0.39 is 5.82 Å². The van der Waals surface area contributed by atoms with E-state index in [2.05, 4.69) is 5.32 Å². The maximum absolute atomic E-state index is 13.1. The maximum atomic E-state index is 13.1. The van der Waals surface area contributed by atoms with Gasteiger partial charge in [0.15, 0.2) is 0 Å². The van der Waals surface area contributed by atoms with Gasteiger partial charge in [-0.1, -0.05) is 35.9 Å². The zero-order valence-electron chi connectivity index (χ0n) is 12.1. The van der Waals surface area contributed by atoms with E-state index in [1.807, 2.05) is 31.2 Å². The summed E-state index contributed by atoms with van der Waals surface area (Å²) in [6, 6.07) is 12.3. The molecule has 0 spiro atoms. The Bertz CT molecular complexity index is 720. The molecule has 2 aromatic rings. The molecule has 5 heteroatoms. The van der Waals surface area contributed by atoms with Crippen molar-refractivity contribution in [1.82, 2.24) is 5.32 Å². The molecule has 3 rings (SSSR count). The monoisotopic (exact) mass is 318 g/mol. The average Bonchev–Trinajstić information content (AvgIpc) is 2.84. The van der Waals surface area contributed by atoms with Crippen LogP contribution in [0.1, 0.15) is 18.1 Å². The van der Waals surface area contributed by atoms with Gasteiger partial charge < -0.3 is 5.32 Å². The molecule has 1 atom stereocenters. The standard InChI is InChI=1S/C17H16ClFN2O/c1-11-8-13-4-2-3-5-16(13)21(11)17(22)20-10-12-6-7-15(19)14(18)9-12/h2-7,9,11H,8,10H2,1H3,(H,20,22). The molecule has 114 valence electrons. The van der Waals surface area contributed by atoms with Gasteiger partial charge in [-0.05, 0) is 42.7 Å². The highest BCUT2D eigenvalue weighted by Gasteiger charge is 2.30. The van der Waals surface area contributed by atoms with Gasteiger partial charge >= 0.3 is 6.03 Å². The minimum Gasteiger partial charge on any atom is -0.334 e. The van der Waals surface area contributed by atoms with E-state index in [-0.39, 0.29) is 17.1 Å². The summed E-state index contributed by atoms with van der Waals surface area (Å²) in [5.41, 5.74) is 2.89. The van der Waals surface area contributed by atoms with Crippen molar-refractivity contribution in [3.63, 3.8) is 0 Å². The van der Waals surface area contributed by atoms with Gasteiger partial charge in [-0.3, -0.25) is 4.90 Å². The summed E-state index contributed by atoms with van der Waals surface area (Å²) in [5, 5.41) is 2.93. The smallest absolute Gasteiger partial charge is 0.322 e. The molecule has 2 amide bonds. The highest BCUT2D eigenvalue weighted by molar-refractivity contribution is 6.30. The van der Waals surface area contributed by atoms with E-state index in [0.29, 0.717) is 6.54 Å². The molecule has 1 N–H and O–H groups in total. The van der Waals surface area contributed by atoms with E-state index in [0.717, 1.165) is 17.7 Å². The lowest BCUT2D eigenvalue weighted by atomic mass is 10.1. The number of anilines is 1. The lowest BCUT2D eigenvalue weighted by molar-refractivity contribution is 0.244. The minimum atomic E-state index is -0.459. The molecule has 0 saturated carbocycles. The first kappa shape index (κ1) is 14.9. The Morgan fingerprint density at radius 1 is 1.36 bits per heavy atom. The zero-order chi connectivity index (χ0) is 15.7. The van der Waals surface area contributed by atoms with Crippen molar-refractivity contribution in [1.29, 1.82) is 0 Å². The first-order valence-corrected chi connectivity index (χ1v) is 7.53. The van der Waals surface area contributed by atoms with Crippen molar-refractivity contribution in [2.75, 3.05) is 4.90 Å². The summed E-state index contributed by atoms with van der Waals surface area (Å²) in [5.74, 6) is -0.459. The number of halogens is 2. The molecule has 0 fully saturated rings. The minimum absolute atomic E-state index is 0.0617. The molecular weight excluding hydrogens is 303 g/mol. The molecule has 1 heterocycles. The van der Waals surface area contributed by atoms with E-state index >= 15 is 0 Å². The summed E-state index contributed by atoms with van der Waals surface area (Å²) >= 11 is 5.75. The number of rotatable bonds is 2. The number of hydrogen-bond acceptors (Lipinski definition) is 1. The van der Waals surface area contributed by atoms with Crippen molar-refractivity contribution in [3.05, 3.63) is 64.4 Å². The largest absolute Gasteiger partial charge is 0.334 e. The summed E-state index contributed by atoms with van der Waals surface area (Å²) in [7, 11) is 0. The number of nitrogens with one attached hydrogen (secondary N) is 1. The summed E-state index contributed by atoms with van der Waals surface area (Å²) in [6.07, 6.45) is 0.853. The van der Waals surface area contributed by atoms with Gasteiger partial charge in [-0.15, -0.1) is 0 Å². The van der Waals surface area contributed by atoms with Crippen LogP contribution in [-0.2, 0) is 13.0 Å². The predicted octanol–water partition coefficient (Wildman–Crippen LogP) is 4.14. The maximum Gasteiger partial charge on any atom is 0.322 e. The second-order valence-electron chi connectivity index (χ2n) is 5.46. The Kier molecular flexibility index (Phi) is 4.03. The van der Waals surface area contributed by atoms with Gasteiger partial charge in [-0.25, -0.2) is 9.18 Å². The van der Waals surface area contributed by atoms with Crippen LogP contribution in [0.2, 0.25) is 5.02 Å². The van der Waals surface area contributed by atoms with Gasteiger partial charge in [0.2, 0.25) is 0 Å². The fraction of sp³-hybridized carbons (Fsp3) is 0.235. The van der Waals surface area contributed by atoms with Crippen LogP contribution in [0.4, 0.5) is 14.9 Å². The Morgan fingerprint density at radius 3 is 2.91 bits per heavy atom. The average molecular weight is 319 g/mol. The van der Waals surface area contributed by atoms with Crippen LogP contribution >= 0.6 is 11.6 Å². The third-order valence-corrected chi connectivity index (χ3v) is 4.14. The molecule has 1 aliphatic heterocycles. The second-order valence-corrected chi connectivity index (χ2v) is 5.87. The summed E-state index contributed by atoms with van der Waals surface area (Å²) < 4.78 is 13.1. The number of para-hydroxylation sites is 1. The zero-order valence-corrected chi connectivity index (χ0v) is 12.9. The number of amides is 2. The van der Waals surface area contributed by atoms with Crippen LogP contribution in [0.25, 0.3) is 0 Å². The molecule has 22 heavy (non-hydrogen) atoms. The molecule has 1 unspecified atom stereocenters. The van der Waals surface area contributed by atoms with Crippen LogP contribution in [0.5, 0.6) is 0 Å². The number of nitrogens with zero attached hydrogens (tertiary/aromatic N) is 1. The third kappa shape index (κ3) is 2.79. The molecule has 2 aromatic carbocycles. The Labute approximate surface area is 133 Å². The van der Waals surface area contributed by atoms with Crippen LogP contribution in [0.15, 0.2) is 42.5 Å². The lowest BCUT2D eigenvalue weighted by Crippen LogP contribution is -2.42. The third-order valence-electron chi connectivity index (χ3n) is 3.85. The number of hydrogen-bond donors (Lipinski definition) is 1. The molecule has 0 aromatic heterocycles. The Balaban J connectivity index is 1.71. The Hall–Kier alpha value is -2.07. The molecule has 0 aliphatic carbocycles. The van der Waals surface area contributed by atoms with E-state index in [9.17, 15) is 9.18 Å². The molecule has 1 aliphatic rings. The quantitative estimate of drug-likeness (QED) is 0.886. The summed E-state index contributed by atoms with van der Waals surface area (Å²) in [6.45, 7) is 2.33. The molecular formula is C17H16ClFN2O. The summed E-state index contributed by atoms with van der Waals surface area (Å²) in [4.78, 5) is 14.2. The van der Waals surface area contributed by atoms with Crippen molar-refractivity contribution in [2.45, 2.75) is 25.9 Å². The molecule has 0 saturated heterocycles. The van der Waals surface area contributed by atoms with Crippen LogP contribution in [0.3, 0.4) is 0 Å². The molecule has 0 bridgehead atoms. The van der Waals surface area contributed by atoms with Gasteiger partial charge in [0.05, 0.1) is 5.02 Å². The number of benzene rings is 2. The number of carbonyl (C=O) groups is 1. The van der Waals surface area contributed by atoms with Gasteiger partial charge in [-0.2, -0.15) is 0 Å². The fourth-order valence-corrected chi connectivity index (χ4v) is 2.99. The van der Waals surface area contributed by atoms with Gasteiger partial charge in [0, 0.05) is 18.3 Å².